The second kappa shape index (κ2) is 6.56. The van der Waals surface area contributed by atoms with Gasteiger partial charge in [-0.05, 0) is 42.7 Å². The third kappa shape index (κ3) is 2.62. The van der Waals surface area contributed by atoms with Crippen molar-refractivity contribution in [1.29, 1.82) is 0 Å². The first-order valence-corrected chi connectivity index (χ1v) is 8.51. The van der Waals surface area contributed by atoms with Crippen molar-refractivity contribution >= 4 is 11.6 Å². The highest BCUT2D eigenvalue weighted by Gasteiger charge is 2.42. The summed E-state index contributed by atoms with van der Waals surface area (Å²) in [5.41, 5.74) is 2.11. The minimum absolute atomic E-state index is 0.0394. The molecule has 0 fully saturated rings. The Bertz CT molecular complexity index is 727. The maximum absolute atomic E-state index is 12.8. The first-order chi connectivity index (χ1) is 11.6. The van der Waals surface area contributed by atoms with Crippen LogP contribution < -0.4 is 10.1 Å². The minimum Gasteiger partial charge on any atom is -0.494 e. The van der Waals surface area contributed by atoms with Crippen molar-refractivity contribution in [3.05, 3.63) is 59.7 Å². The van der Waals surface area contributed by atoms with Crippen LogP contribution in [-0.2, 0) is 5.66 Å². The Morgan fingerprint density at radius 1 is 1.08 bits per heavy atom. The van der Waals surface area contributed by atoms with Crippen molar-refractivity contribution in [1.82, 2.24) is 4.90 Å². The highest BCUT2D eigenvalue weighted by molar-refractivity contribution is 6.02. The van der Waals surface area contributed by atoms with Crippen LogP contribution in [0.2, 0.25) is 0 Å². The van der Waals surface area contributed by atoms with Crippen LogP contribution in [0.5, 0.6) is 5.75 Å². The third-order valence-electron chi connectivity index (χ3n) is 4.69. The second-order valence-electron chi connectivity index (χ2n) is 6.12. The van der Waals surface area contributed by atoms with E-state index in [-0.39, 0.29) is 5.91 Å². The molecule has 3 rings (SSSR count). The Labute approximate surface area is 143 Å². The number of benzene rings is 2. The normalized spacial score (nSPS) is 19.6. The van der Waals surface area contributed by atoms with Gasteiger partial charge in [-0.25, -0.2) is 0 Å². The highest BCUT2D eigenvalue weighted by atomic mass is 16.5. The number of anilines is 1. The molecule has 0 radical (unpaired) electrons. The summed E-state index contributed by atoms with van der Waals surface area (Å²) in [7, 11) is 1.86. The summed E-state index contributed by atoms with van der Waals surface area (Å²) >= 11 is 0. The molecule has 1 aliphatic rings. The summed E-state index contributed by atoms with van der Waals surface area (Å²) in [6.07, 6.45) is 1.75. The van der Waals surface area contributed by atoms with Crippen LogP contribution in [0, 0.1) is 0 Å². The van der Waals surface area contributed by atoms with E-state index in [0.29, 0.717) is 12.2 Å². The first-order valence-electron chi connectivity index (χ1n) is 8.51. The number of nitrogens with one attached hydrogen (secondary N) is 1. The number of nitrogens with zero attached hydrogens (tertiary/aromatic N) is 1. The van der Waals surface area contributed by atoms with Gasteiger partial charge >= 0.3 is 0 Å². The van der Waals surface area contributed by atoms with Crippen LogP contribution in [-0.4, -0.2) is 24.5 Å². The molecule has 0 bridgehead atoms. The predicted molar refractivity (Wildman–Crippen MR) is 96.4 cm³/mol. The van der Waals surface area contributed by atoms with Crippen LogP contribution in [0.15, 0.2) is 48.5 Å². The molecule has 2 aromatic carbocycles. The monoisotopic (exact) mass is 324 g/mol. The summed E-state index contributed by atoms with van der Waals surface area (Å²) in [4.78, 5) is 14.6. The van der Waals surface area contributed by atoms with Crippen molar-refractivity contribution in [2.75, 3.05) is 19.0 Å². The summed E-state index contributed by atoms with van der Waals surface area (Å²) in [6, 6.07) is 15.7. The average Bonchev–Trinajstić information content (AvgIpc) is 2.63. The standard InChI is InChI=1S/C20H24N2O2/c1-4-14-24-16-12-10-15(11-13-16)20(5-2)21-18-9-7-6-8-17(18)19(23)22(20)3/h6-13,21H,4-5,14H2,1-3H3. The van der Waals surface area contributed by atoms with Gasteiger partial charge in [0.05, 0.1) is 12.2 Å². The van der Waals surface area contributed by atoms with Crippen LogP contribution >= 0.6 is 0 Å². The molecule has 4 nitrogen and oxygen atoms in total. The van der Waals surface area contributed by atoms with E-state index in [4.69, 9.17) is 4.74 Å². The molecular weight excluding hydrogens is 300 g/mol. The molecule has 1 amide bonds. The highest BCUT2D eigenvalue weighted by Crippen LogP contribution is 2.39. The molecule has 1 N–H and O–H groups in total. The van der Waals surface area contributed by atoms with E-state index in [0.717, 1.165) is 29.8 Å². The zero-order valence-corrected chi connectivity index (χ0v) is 14.5. The zero-order chi connectivity index (χ0) is 17.2. The smallest absolute Gasteiger partial charge is 0.257 e. The van der Waals surface area contributed by atoms with Crippen LogP contribution in [0.4, 0.5) is 5.69 Å². The van der Waals surface area contributed by atoms with E-state index in [1.54, 1.807) is 4.90 Å². The fraction of sp³-hybridized carbons (Fsp3) is 0.350. The van der Waals surface area contributed by atoms with E-state index >= 15 is 0 Å². The SMILES string of the molecule is CCCOc1ccc(C2(CC)Nc3ccccc3C(=O)N2C)cc1. The van der Waals surface area contributed by atoms with Gasteiger partial charge in [-0.15, -0.1) is 0 Å². The van der Waals surface area contributed by atoms with E-state index in [1.807, 2.05) is 55.6 Å². The summed E-state index contributed by atoms with van der Waals surface area (Å²) in [5, 5.41) is 3.58. The fourth-order valence-corrected chi connectivity index (χ4v) is 3.28. The van der Waals surface area contributed by atoms with E-state index in [1.165, 1.54) is 0 Å². The van der Waals surface area contributed by atoms with Gasteiger partial charge in [-0.2, -0.15) is 0 Å². The molecule has 2 aromatic rings. The Morgan fingerprint density at radius 3 is 2.46 bits per heavy atom. The zero-order valence-electron chi connectivity index (χ0n) is 14.5. The number of fused-ring (bicyclic) bond motifs is 1. The fourth-order valence-electron chi connectivity index (χ4n) is 3.28. The van der Waals surface area contributed by atoms with Crippen LogP contribution in [0.25, 0.3) is 0 Å². The summed E-state index contributed by atoms with van der Waals surface area (Å²) in [6.45, 7) is 4.89. The van der Waals surface area contributed by atoms with Crippen molar-refractivity contribution < 1.29 is 9.53 Å². The van der Waals surface area contributed by atoms with Gasteiger partial charge in [0.2, 0.25) is 0 Å². The molecule has 0 saturated heterocycles. The van der Waals surface area contributed by atoms with Crippen LogP contribution in [0.1, 0.15) is 42.6 Å². The van der Waals surface area contributed by atoms with Gasteiger partial charge in [0.1, 0.15) is 11.4 Å². The molecule has 0 aliphatic carbocycles. The number of rotatable bonds is 5. The summed E-state index contributed by atoms with van der Waals surface area (Å²) < 4.78 is 5.67. The second-order valence-corrected chi connectivity index (χ2v) is 6.12. The van der Waals surface area contributed by atoms with Gasteiger partial charge < -0.3 is 15.0 Å². The van der Waals surface area contributed by atoms with E-state index in [9.17, 15) is 4.79 Å². The number of carbonyl (C=O) groups is 1. The molecule has 0 aromatic heterocycles. The lowest BCUT2D eigenvalue weighted by molar-refractivity contribution is 0.0572. The minimum atomic E-state index is -0.547. The largest absolute Gasteiger partial charge is 0.494 e. The number of amides is 1. The molecule has 0 saturated carbocycles. The van der Waals surface area contributed by atoms with Crippen molar-refractivity contribution in [2.24, 2.45) is 0 Å². The molecule has 1 unspecified atom stereocenters. The number of hydrogen-bond acceptors (Lipinski definition) is 3. The lowest BCUT2D eigenvalue weighted by Crippen LogP contribution is -2.55. The van der Waals surface area contributed by atoms with Gasteiger partial charge in [-0.1, -0.05) is 38.1 Å². The molecule has 1 atom stereocenters. The van der Waals surface area contributed by atoms with Gasteiger partial charge in [-0.3, -0.25) is 4.79 Å². The van der Waals surface area contributed by atoms with Gasteiger partial charge in [0, 0.05) is 12.7 Å². The number of ether oxygens (including phenoxy) is 1. The lowest BCUT2D eigenvalue weighted by Gasteiger charge is -2.46. The Balaban J connectivity index is 1.99. The maximum atomic E-state index is 12.8. The Kier molecular flexibility index (Phi) is 4.47. The van der Waals surface area contributed by atoms with Crippen molar-refractivity contribution in [2.45, 2.75) is 32.4 Å². The molecule has 0 spiro atoms. The molecule has 1 heterocycles. The Hall–Kier alpha value is -2.49. The van der Waals surface area contributed by atoms with E-state index in [2.05, 4.69) is 19.2 Å². The van der Waals surface area contributed by atoms with Gasteiger partial charge in [0.25, 0.3) is 5.91 Å². The first kappa shape index (κ1) is 16.4. The molecule has 1 aliphatic heterocycles. The molecule has 4 heteroatoms. The third-order valence-corrected chi connectivity index (χ3v) is 4.69. The number of hydrogen-bond donors (Lipinski definition) is 1. The topological polar surface area (TPSA) is 41.6 Å². The molecule has 126 valence electrons. The summed E-state index contributed by atoms with van der Waals surface area (Å²) in [5.74, 6) is 0.898. The van der Waals surface area contributed by atoms with Crippen molar-refractivity contribution in [3.63, 3.8) is 0 Å². The predicted octanol–water partition coefficient (Wildman–Crippen LogP) is 4.24. The average molecular weight is 324 g/mol. The van der Waals surface area contributed by atoms with Crippen molar-refractivity contribution in [3.8, 4) is 5.75 Å². The van der Waals surface area contributed by atoms with Gasteiger partial charge in [0.15, 0.2) is 0 Å². The number of para-hydroxylation sites is 1. The Morgan fingerprint density at radius 2 is 1.79 bits per heavy atom. The molecular formula is C20H24N2O2. The quantitative estimate of drug-likeness (QED) is 0.894. The maximum Gasteiger partial charge on any atom is 0.257 e. The molecule has 24 heavy (non-hydrogen) atoms. The van der Waals surface area contributed by atoms with E-state index < -0.39 is 5.66 Å². The van der Waals surface area contributed by atoms with Crippen LogP contribution in [0.3, 0.4) is 0 Å². The lowest BCUT2D eigenvalue weighted by atomic mass is 9.90. The number of carbonyl (C=O) groups excluding carboxylic acids is 1.